The number of anilines is 1. The van der Waals surface area contributed by atoms with Gasteiger partial charge in [0.25, 0.3) is 0 Å². The Kier molecular flexibility index (Phi) is 4.73. The standard InChI is InChI=1S/C23H24FNO2/c1-3-14-8-11-21-19(12-14)16-6-4-5-7-17(16)22(25-21)18-10-9-15(13-20(18)24)23(26)27-2/h4,6,8-13,16-17,22,25H,3,5,7H2,1-2H3/t16-,17+,22+/m1/s1. The van der Waals surface area contributed by atoms with Crippen LogP contribution in [-0.2, 0) is 11.2 Å². The molecule has 0 bridgehead atoms. The van der Waals surface area contributed by atoms with Crippen LogP contribution < -0.4 is 5.32 Å². The van der Waals surface area contributed by atoms with E-state index in [9.17, 15) is 9.18 Å². The van der Waals surface area contributed by atoms with Crippen molar-refractivity contribution in [3.8, 4) is 0 Å². The smallest absolute Gasteiger partial charge is 0.337 e. The molecule has 1 heterocycles. The number of allylic oxidation sites excluding steroid dienone is 2. The third-order valence-electron chi connectivity index (χ3n) is 5.85. The predicted molar refractivity (Wildman–Crippen MR) is 105 cm³/mol. The van der Waals surface area contributed by atoms with Crippen molar-refractivity contribution in [2.45, 2.75) is 38.1 Å². The van der Waals surface area contributed by atoms with Gasteiger partial charge in [0, 0.05) is 17.2 Å². The molecule has 0 unspecified atom stereocenters. The van der Waals surface area contributed by atoms with E-state index in [1.165, 1.54) is 24.3 Å². The fourth-order valence-electron chi connectivity index (χ4n) is 4.41. The average Bonchev–Trinajstić information content (AvgIpc) is 2.72. The lowest BCUT2D eigenvalue weighted by molar-refractivity contribution is 0.0600. The molecule has 140 valence electrons. The highest BCUT2D eigenvalue weighted by molar-refractivity contribution is 5.89. The number of hydrogen-bond acceptors (Lipinski definition) is 3. The van der Waals surface area contributed by atoms with Crippen molar-refractivity contribution in [1.82, 2.24) is 0 Å². The molecule has 3 atom stereocenters. The molecule has 1 aliphatic carbocycles. The van der Waals surface area contributed by atoms with Gasteiger partial charge in [0.1, 0.15) is 5.82 Å². The molecule has 1 N–H and O–H groups in total. The van der Waals surface area contributed by atoms with E-state index in [-0.39, 0.29) is 29.3 Å². The molecular formula is C23H24FNO2. The lowest BCUT2D eigenvalue weighted by atomic mass is 9.70. The van der Waals surface area contributed by atoms with Crippen LogP contribution >= 0.6 is 0 Å². The number of rotatable bonds is 3. The summed E-state index contributed by atoms with van der Waals surface area (Å²) in [4.78, 5) is 11.7. The summed E-state index contributed by atoms with van der Waals surface area (Å²) in [5, 5.41) is 3.58. The van der Waals surface area contributed by atoms with Gasteiger partial charge in [-0.05, 0) is 54.5 Å². The van der Waals surface area contributed by atoms with Gasteiger partial charge in [0.05, 0.1) is 18.7 Å². The molecule has 0 radical (unpaired) electrons. The van der Waals surface area contributed by atoms with Crippen molar-refractivity contribution in [2.24, 2.45) is 5.92 Å². The Bertz CT molecular complexity index is 905. The fourth-order valence-corrected chi connectivity index (χ4v) is 4.41. The first-order valence-corrected chi connectivity index (χ1v) is 9.56. The van der Waals surface area contributed by atoms with E-state index in [2.05, 4.69) is 42.6 Å². The molecule has 0 aromatic heterocycles. The Balaban J connectivity index is 1.75. The molecule has 0 spiro atoms. The zero-order valence-electron chi connectivity index (χ0n) is 15.7. The van der Waals surface area contributed by atoms with Crippen LogP contribution in [0, 0.1) is 11.7 Å². The average molecular weight is 365 g/mol. The Morgan fingerprint density at radius 2 is 2.07 bits per heavy atom. The maximum atomic E-state index is 14.9. The summed E-state index contributed by atoms with van der Waals surface area (Å²) < 4.78 is 19.6. The number of methoxy groups -OCH3 is 1. The molecule has 4 heteroatoms. The van der Waals surface area contributed by atoms with Crippen molar-refractivity contribution in [1.29, 1.82) is 0 Å². The highest BCUT2D eigenvalue weighted by atomic mass is 19.1. The predicted octanol–water partition coefficient (Wildman–Crippen LogP) is 5.39. The molecule has 3 nitrogen and oxygen atoms in total. The quantitative estimate of drug-likeness (QED) is 0.585. The van der Waals surface area contributed by atoms with Crippen LogP contribution in [0.25, 0.3) is 0 Å². The maximum absolute atomic E-state index is 14.9. The SMILES string of the molecule is CCc1ccc2c(c1)[C@@H]1C=CCC[C@@H]1[C@@H](c1ccc(C(=O)OC)cc1F)N2. The molecule has 27 heavy (non-hydrogen) atoms. The van der Waals surface area contributed by atoms with Crippen LogP contribution in [0.5, 0.6) is 0 Å². The van der Waals surface area contributed by atoms with Gasteiger partial charge in [-0.1, -0.05) is 37.3 Å². The Hall–Kier alpha value is -2.62. The van der Waals surface area contributed by atoms with E-state index >= 15 is 0 Å². The summed E-state index contributed by atoms with van der Waals surface area (Å²) >= 11 is 0. The normalized spacial score (nSPS) is 23.1. The molecule has 4 rings (SSSR count). The van der Waals surface area contributed by atoms with Gasteiger partial charge in [0.15, 0.2) is 0 Å². The van der Waals surface area contributed by atoms with Crippen molar-refractivity contribution >= 4 is 11.7 Å². The minimum Gasteiger partial charge on any atom is -0.465 e. The first-order valence-electron chi connectivity index (χ1n) is 9.56. The monoisotopic (exact) mass is 365 g/mol. The lowest BCUT2D eigenvalue weighted by Crippen LogP contribution is -2.33. The number of halogens is 1. The number of carbonyl (C=O) groups is 1. The molecule has 1 aliphatic heterocycles. The summed E-state index contributed by atoms with van der Waals surface area (Å²) in [5.74, 6) is -0.315. The zero-order valence-corrected chi connectivity index (χ0v) is 15.7. The van der Waals surface area contributed by atoms with Crippen molar-refractivity contribution in [3.05, 3.63) is 76.6 Å². The number of nitrogens with one attached hydrogen (secondary N) is 1. The van der Waals surface area contributed by atoms with Crippen LogP contribution in [0.3, 0.4) is 0 Å². The molecule has 0 fully saturated rings. The van der Waals surface area contributed by atoms with Gasteiger partial charge in [-0.25, -0.2) is 9.18 Å². The Morgan fingerprint density at radius 1 is 1.22 bits per heavy atom. The Labute approximate surface area is 159 Å². The summed E-state index contributed by atoms with van der Waals surface area (Å²) in [6.07, 6.45) is 7.53. The third kappa shape index (κ3) is 3.14. The fraction of sp³-hybridized carbons (Fsp3) is 0.348. The largest absolute Gasteiger partial charge is 0.465 e. The number of esters is 1. The van der Waals surface area contributed by atoms with Gasteiger partial charge in [-0.2, -0.15) is 0 Å². The van der Waals surface area contributed by atoms with Gasteiger partial charge in [0.2, 0.25) is 0 Å². The highest BCUT2D eigenvalue weighted by Gasteiger charge is 2.38. The zero-order chi connectivity index (χ0) is 19.0. The van der Waals surface area contributed by atoms with E-state index in [0.717, 1.165) is 24.9 Å². The second kappa shape index (κ2) is 7.18. The number of aryl methyl sites for hydroxylation is 1. The highest BCUT2D eigenvalue weighted by Crippen LogP contribution is 2.49. The third-order valence-corrected chi connectivity index (χ3v) is 5.85. The second-order valence-corrected chi connectivity index (χ2v) is 7.32. The summed E-state index contributed by atoms with van der Waals surface area (Å²) in [5.41, 5.74) is 4.54. The van der Waals surface area contributed by atoms with Crippen molar-refractivity contribution < 1.29 is 13.9 Å². The van der Waals surface area contributed by atoms with E-state index in [4.69, 9.17) is 4.74 Å². The summed E-state index contributed by atoms with van der Waals surface area (Å²) in [6, 6.07) is 11.1. The number of fused-ring (bicyclic) bond motifs is 3. The second-order valence-electron chi connectivity index (χ2n) is 7.32. The van der Waals surface area contributed by atoms with Gasteiger partial charge in [-0.3, -0.25) is 0 Å². The molecular weight excluding hydrogens is 341 g/mol. The van der Waals surface area contributed by atoms with Crippen molar-refractivity contribution in [3.63, 3.8) is 0 Å². The van der Waals surface area contributed by atoms with E-state index in [1.807, 2.05) is 0 Å². The number of ether oxygens (including phenoxy) is 1. The first kappa shape index (κ1) is 17.8. The van der Waals surface area contributed by atoms with E-state index in [0.29, 0.717) is 5.56 Å². The van der Waals surface area contributed by atoms with Crippen LogP contribution in [0.2, 0.25) is 0 Å². The maximum Gasteiger partial charge on any atom is 0.337 e. The minimum atomic E-state index is -0.520. The van der Waals surface area contributed by atoms with E-state index < -0.39 is 5.97 Å². The van der Waals surface area contributed by atoms with Crippen LogP contribution in [-0.4, -0.2) is 13.1 Å². The van der Waals surface area contributed by atoms with E-state index in [1.54, 1.807) is 12.1 Å². The molecule has 2 aliphatic rings. The van der Waals surface area contributed by atoms with Crippen LogP contribution in [0.1, 0.15) is 58.8 Å². The number of carbonyl (C=O) groups excluding carboxylic acids is 1. The lowest BCUT2D eigenvalue weighted by Gasteiger charge is -2.42. The van der Waals surface area contributed by atoms with Gasteiger partial charge >= 0.3 is 5.97 Å². The van der Waals surface area contributed by atoms with Crippen LogP contribution in [0.15, 0.2) is 48.6 Å². The summed E-state index contributed by atoms with van der Waals surface area (Å²) in [6.45, 7) is 2.16. The molecule has 0 saturated carbocycles. The van der Waals surface area contributed by atoms with Gasteiger partial charge in [-0.15, -0.1) is 0 Å². The van der Waals surface area contributed by atoms with Crippen molar-refractivity contribution in [2.75, 3.05) is 12.4 Å². The number of benzene rings is 2. The van der Waals surface area contributed by atoms with Crippen LogP contribution in [0.4, 0.5) is 10.1 Å². The molecule has 0 amide bonds. The molecule has 2 aromatic rings. The topological polar surface area (TPSA) is 38.3 Å². The van der Waals surface area contributed by atoms with Gasteiger partial charge < -0.3 is 10.1 Å². The minimum absolute atomic E-state index is 0.119. The molecule has 2 aromatic carbocycles. The number of hydrogen-bond donors (Lipinski definition) is 1. The summed E-state index contributed by atoms with van der Waals surface area (Å²) in [7, 11) is 1.30. The Morgan fingerprint density at radius 3 is 2.81 bits per heavy atom. The molecule has 0 saturated heterocycles. The first-order chi connectivity index (χ1) is 13.1.